The summed E-state index contributed by atoms with van der Waals surface area (Å²) in [5, 5.41) is 33.1. The highest BCUT2D eigenvalue weighted by molar-refractivity contribution is 8.00. The molecule has 196 valence electrons. The number of aliphatic hydroxyl groups excluding tert-OH is 2. The van der Waals surface area contributed by atoms with E-state index in [1.54, 1.807) is 12.1 Å². The fourth-order valence-electron chi connectivity index (χ4n) is 4.03. The third kappa shape index (κ3) is 6.01. The Balaban J connectivity index is 1.61. The van der Waals surface area contributed by atoms with E-state index in [9.17, 15) is 31.8 Å². The van der Waals surface area contributed by atoms with Gasteiger partial charge in [-0.15, -0.1) is 0 Å². The number of aromatic nitrogens is 3. The van der Waals surface area contributed by atoms with Crippen LogP contribution in [-0.2, 0) is 14.5 Å². The van der Waals surface area contributed by atoms with Crippen LogP contribution in [0.5, 0.6) is 5.75 Å². The van der Waals surface area contributed by atoms with Gasteiger partial charge in [0, 0.05) is 28.6 Å². The number of methoxy groups -OCH3 is 1. The molecule has 2 heterocycles. The van der Waals surface area contributed by atoms with Crippen LogP contribution in [0.4, 0.5) is 19.0 Å². The van der Waals surface area contributed by atoms with Gasteiger partial charge in [0.15, 0.2) is 5.65 Å². The van der Waals surface area contributed by atoms with Gasteiger partial charge in [0.2, 0.25) is 0 Å². The second-order valence-electron chi connectivity index (χ2n) is 8.04. The molecular weight excluding hydrogens is 527 g/mol. The Morgan fingerprint density at radius 1 is 1.25 bits per heavy atom. The highest BCUT2D eigenvalue weighted by Gasteiger charge is 2.42. The van der Waals surface area contributed by atoms with Crippen LogP contribution in [0.1, 0.15) is 6.42 Å². The Hall–Kier alpha value is -2.63. The third-order valence-electron chi connectivity index (χ3n) is 5.62. The standard InChI is InChI=1S/C20H22F3N5O6S2/c1-33-15-3-2-11(35-20(21,22)23)7-12(15)13-8-17-25-5-4-16(28(17)27-13)26-14-6-10(18(29)19(14)30)9-34-36(24,31)32/h2-5,7-8,10,14,18-19,26,29-30H,6,9H2,1H3,(H2,24,31,32)/t10-,14-,18-,19+/m1/s1. The van der Waals surface area contributed by atoms with E-state index in [4.69, 9.17) is 9.88 Å². The number of hydrogen-bond acceptors (Lipinski definition) is 10. The molecule has 11 nitrogen and oxygen atoms in total. The maximum absolute atomic E-state index is 12.9. The molecule has 16 heteroatoms. The molecule has 4 rings (SSSR count). The van der Waals surface area contributed by atoms with Crippen LogP contribution in [0, 0.1) is 5.92 Å². The summed E-state index contributed by atoms with van der Waals surface area (Å²) < 4.78 is 72.0. The van der Waals surface area contributed by atoms with Gasteiger partial charge in [-0.2, -0.15) is 31.2 Å². The van der Waals surface area contributed by atoms with E-state index in [2.05, 4.69) is 19.6 Å². The van der Waals surface area contributed by atoms with Crippen LogP contribution in [-0.4, -0.2) is 70.7 Å². The van der Waals surface area contributed by atoms with Crippen LogP contribution in [0.25, 0.3) is 16.9 Å². The Kier molecular flexibility index (Phi) is 7.36. The van der Waals surface area contributed by atoms with Gasteiger partial charge in [0.05, 0.1) is 31.6 Å². The van der Waals surface area contributed by atoms with Crippen molar-refractivity contribution in [3.05, 3.63) is 36.5 Å². The highest BCUT2D eigenvalue weighted by atomic mass is 32.2. The molecule has 1 saturated carbocycles. The van der Waals surface area contributed by atoms with E-state index in [0.29, 0.717) is 28.5 Å². The number of nitrogens with one attached hydrogen (secondary N) is 1. The first-order valence-electron chi connectivity index (χ1n) is 10.4. The molecule has 0 bridgehead atoms. The molecule has 5 N–H and O–H groups in total. The summed E-state index contributed by atoms with van der Waals surface area (Å²) in [7, 11) is -2.82. The summed E-state index contributed by atoms with van der Waals surface area (Å²) in [6.45, 7) is -0.404. The number of hydrogen-bond donors (Lipinski definition) is 4. The average molecular weight is 550 g/mol. The van der Waals surface area contributed by atoms with Crippen LogP contribution < -0.4 is 15.2 Å². The smallest absolute Gasteiger partial charge is 0.446 e. The predicted molar refractivity (Wildman–Crippen MR) is 123 cm³/mol. The Morgan fingerprint density at radius 2 is 2.00 bits per heavy atom. The van der Waals surface area contributed by atoms with Crippen LogP contribution >= 0.6 is 11.8 Å². The number of nitrogens with zero attached hydrogens (tertiary/aromatic N) is 3. The minimum Gasteiger partial charge on any atom is -0.496 e. The van der Waals surface area contributed by atoms with Crippen molar-refractivity contribution in [3.8, 4) is 17.0 Å². The predicted octanol–water partition coefficient (Wildman–Crippen LogP) is 1.76. The lowest BCUT2D eigenvalue weighted by atomic mass is 10.1. The number of halogens is 3. The summed E-state index contributed by atoms with van der Waals surface area (Å²) in [4.78, 5) is 4.18. The normalized spacial score (nSPS) is 22.8. The number of nitrogens with two attached hydrogens (primary N) is 1. The third-order valence-corrected chi connectivity index (χ3v) is 6.81. The Morgan fingerprint density at radius 3 is 2.67 bits per heavy atom. The lowest BCUT2D eigenvalue weighted by Crippen LogP contribution is -2.36. The second kappa shape index (κ2) is 10.0. The van der Waals surface area contributed by atoms with Gasteiger partial charge in [-0.05, 0) is 42.4 Å². The van der Waals surface area contributed by atoms with E-state index in [-0.39, 0.29) is 23.1 Å². The maximum atomic E-state index is 12.9. The minimum atomic E-state index is -4.46. The SMILES string of the molecule is COc1ccc(SC(F)(F)F)cc1-c1cc2nccc(N[C@@H]3C[C@H](COS(N)(=O)=O)[C@@H](O)[C@H]3O)n2n1. The zero-order chi connectivity index (χ0) is 26.3. The molecular formula is C20H22F3N5O6S2. The number of thioether (sulfide) groups is 1. The lowest BCUT2D eigenvalue weighted by molar-refractivity contribution is -0.0328. The Bertz CT molecular complexity index is 1350. The quantitative estimate of drug-likeness (QED) is 0.305. The summed E-state index contributed by atoms with van der Waals surface area (Å²) in [6, 6.07) is 6.45. The van der Waals surface area contributed by atoms with Crippen LogP contribution in [0.2, 0.25) is 0 Å². The van der Waals surface area contributed by atoms with Crippen molar-refractivity contribution in [1.29, 1.82) is 0 Å². The number of alkyl halides is 3. The lowest BCUT2D eigenvalue weighted by Gasteiger charge is -2.19. The van der Waals surface area contributed by atoms with Crippen molar-refractivity contribution in [2.75, 3.05) is 19.0 Å². The molecule has 3 aromatic rings. The van der Waals surface area contributed by atoms with Gasteiger partial charge >= 0.3 is 15.8 Å². The summed E-state index contributed by atoms with van der Waals surface area (Å²) in [5.74, 6) is -0.0266. The molecule has 4 atom stereocenters. The zero-order valence-corrected chi connectivity index (χ0v) is 20.2. The summed E-state index contributed by atoms with van der Waals surface area (Å²) in [6.07, 6.45) is -0.905. The fraction of sp³-hybridized carbons (Fsp3) is 0.400. The van der Waals surface area contributed by atoms with Crippen molar-refractivity contribution >= 4 is 33.5 Å². The molecule has 1 fully saturated rings. The van der Waals surface area contributed by atoms with E-state index in [1.807, 2.05) is 0 Å². The van der Waals surface area contributed by atoms with Crippen molar-refractivity contribution in [2.24, 2.45) is 11.1 Å². The molecule has 0 saturated heterocycles. The topological polar surface area (TPSA) is 161 Å². The monoisotopic (exact) mass is 549 g/mol. The molecule has 36 heavy (non-hydrogen) atoms. The van der Waals surface area contributed by atoms with Crippen molar-refractivity contribution in [3.63, 3.8) is 0 Å². The van der Waals surface area contributed by atoms with Gasteiger partial charge in [-0.1, -0.05) is 0 Å². The van der Waals surface area contributed by atoms with E-state index < -0.39 is 46.6 Å². The van der Waals surface area contributed by atoms with E-state index in [0.717, 1.165) is 0 Å². The molecule has 1 aromatic carbocycles. The van der Waals surface area contributed by atoms with Gasteiger partial charge in [0.1, 0.15) is 17.7 Å². The molecule has 1 aliphatic rings. The number of aliphatic hydroxyl groups is 2. The molecule has 0 amide bonds. The van der Waals surface area contributed by atoms with E-state index in [1.165, 1.54) is 36.0 Å². The number of rotatable bonds is 8. The van der Waals surface area contributed by atoms with Crippen molar-refractivity contribution in [2.45, 2.75) is 35.1 Å². The van der Waals surface area contributed by atoms with Gasteiger partial charge in [-0.3, -0.25) is 4.18 Å². The Labute approximate surface area is 207 Å². The van der Waals surface area contributed by atoms with Crippen LogP contribution in [0.15, 0.2) is 41.4 Å². The summed E-state index contributed by atoms with van der Waals surface area (Å²) in [5.41, 5.74) is -3.50. The second-order valence-corrected chi connectivity index (χ2v) is 10.4. The average Bonchev–Trinajstić information content (AvgIpc) is 3.33. The highest BCUT2D eigenvalue weighted by Crippen LogP contribution is 2.41. The first-order chi connectivity index (χ1) is 16.8. The van der Waals surface area contributed by atoms with E-state index >= 15 is 0 Å². The first kappa shape index (κ1) is 26.4. The van der Waals surface area contributed by atoms with Crippen molar-refractivity contribution in [1.82, 2.24) is 14.6 Å². The van der Waals surface area contributed by atoms with Crippen molar-refractivity contribution < 1.29 is 40.7 Å². The number of anilines is 1. The molecule has 1 aliphatic carbocycles. The fourth-order valence-corrected chi connectivity index (χ4v) is 4.97. The molecule has 0 spiro atoms. The van der Waals surface area contributed by atoms with Gasteiger partial charge in [0.25, 0.3) is 0 Å². The number of benzene rings is 1. The zero-order valence-electron chi connectivity index (χ0n) is 18.6. The molecule has 0 radical (unpaired) electrons. The summed E-state index contributed by atoms with van der Waals surface area (Å²) >= 11 is -0.259. The molecule has 0 unspecified atom stereocenters. The largest absolute Gasteiger partial charge is 0.496 e. The van der Waals surface area contributed by atoms with Gasteiger partial charge < -0.3 is 20.3 Å². The maximum Gasteiger partial charge on any atom is 0.446 e. The minimum absolute atomic E-state index is 0.0440. The molecule has 0 aliphatic heterocycles. The number of ether oxygens (including phenoxy) is 1. The van der Waals surface area contributed by atoms with Crippen LogP contribution in [0.3, 0.4) is 0 Å². The molecule has 2 aromatic heterocycles. The first-order valence-corrected chi connectivity index (χ1v) is 12.7. The number of fused-ring (bicyclic) bond motifs is 1. The van der Waals surface area contributed by atoms with Gasteiger partial charge in [-0.25, -0.2) is 10.1 Å².